The molecule has 0 heterocycles. The van der Waals surface area contributed by atoms with Crippen LogP contribution in [0.4, 0.5) is 0 Å². The third-order valence-electron chi connectivity index (χ3n) is 3.77. The molecular formula is C14H30OTi. The minimum atomic E-state index is -2.13. The number of carbonyl (C=O) groups excluding carboxylic acids is 1. The van der Waals surface area contributed by atoms with E-state index in [4.69, 9.17) is 0 Å². The Morgan fingerprint density at radius 2 is 1.12 bits per heavy atom. The predicted octanol–water partition coefficient (Wildman–Crippen LogP) is 5.34. The van der Waals surface area contributed by atoms with Crippen LogP contribution in [0.25, 0.3) is 0 Å². The zero-order valence-corrected chi connectivity index (χ0v) is 13.3. The Morgan fingerprint density at radius 3 is 1.31 bits per heavy atom. The summed E-state index contributed by atoms with van der Waals surface area (Å²) in [7, 11) is 0. The molecule has 16 heavy (non-hydrogen) atoms. The van der Waals surface area contributed by atoms with E-state index in [9.17, 15) is 4.79 Å². The van der Waals surface area contributed by atoms with Crippen molar-refractivity contribution in [1.29, 1.82) is 0 Å². The Balaban J connectivity index is 4.52. The summed E-state index contributed by atoms with van der Waals surface area (Å²) in [5.74, 6) is 0. The molecule has 0 aromatic heterocycles. The summed E-state index contributed by atoms with van der Waals surface area (Å²) >= 11 is -2.13. The first-order valence-corrected chi connectivity index (χ1v) is 11.2. The van der Waals surface area contributed by atoms with E-state index < -0.39 is 16.6 Å². The molecule has 0 spiro atoms. The van der Waals surface area contributed by atoms with Crippen LogP contribution in [0.3, 0.4) is 0 Å². The van der Waals surface area contributed by atoms with Crippen LogP contribution < -0.4 is 0 Å². The van der Waals surface area contributed by atoms with Gasteiger partial charge in [0.15, 0.2) is 0 Å². The van der Waals surface area contributed by atoms with Gasteiger partial charge in [0, 0.05) is 0 Å². The molecule has 0 N–H and O–H groups in total. The average Bonchev–Trinajstić information content (AvgIpc) is 2.28. The Kier molecular flexibility index (Phi) is 9.64. The zero-order valence-electron chi connectivity index (χ0n) is 11.8. The van der Waals surface area contributed by atoms with Gasteiger partial charge in [-0.25, -0.2) is 0 Å². The molecule has 0 fully saturated rings. The summed E-state index contributed by atoms with van der Waals surface area (Å²) in [6, 6.07) is 0. The van der Waals surface area contributed by atoms with Gasteiger partial charge >= 0.3 is 106 Å². The Morgan fingerprint density at radius 1 is 0.812 bits per heavy atom. The molecule has 0 unspecified atom stereocenters. The van der Waals surface area contributed by atoms with Gasteiger partial charge in [-0.05, 0) is 0 Å². The van der Waals surface area contributed by atoms with Gasteiger partial charge in [-0.1, -0.05) is 0 Å². The first-order chi connectivity index (χ1) is 7.63. The predicted molar refractivity (Wildman–Crippen MR) is 69.8 cm³/mol. The fourth-order valence-electron chi connectivity index (χ4n) is 2.45. The van der Waals surface area contributed by atoms with Gasteiger partial charge in [0.25, 0.3) is 0 Å². The molecule has 0 saturated heterocycles. The van der Waals surface area contributed by atoms with E-state index in [1.54, 1.807) is 0 Å². The van der Waals surface area contributed by atoms with Crippen LogP contribution in [-0.2, 0) is 21.4 Å². The fourth-order valence-corrected chi connectivity index (χ4v) is 10.1. The van der Waals surface area contributed by atoms with Crippen molar-refractivity contribution in [2.75, 3.05) is 0 Å². The first-order valence-electron chi connectivity index (χ1n) is 7.14. The summed E-state index contributed by atoms with van der Waals surface area (Å²) in [6.45, 7) is 8.62. The van der Waals surface area contributed by atoms with E-state index in [0.29, 0.717) is 4.09 Å². The zero-order chi connectivity index (χ0) is 12.4. The molecule has 0 aromatic rings. The van der Waals surface area contributed by atoms with Gasteiger partial charge < -0.3 is 0 Å². The SMILES string of the molecule is CCC[CH2][Ti]([CH2]CCC)([CH2]CCC)[C](C)=O. The van der Waals surface area contributed by atoms with Crippen LogP contribution in [-0.4, -0.2) is 4.09 Å². The number of rotatable bonds is 10. The summed E-state index contributed by atoms with van der Waals surface area (Å²) in [5, 5.41) is 0. The van der Waals surface area contributed by atoms with Gasteiger partial charge in [-0.3, -0.25) is 0 Å². The minimum absolute atomic E-state index is 0.621. The van der Waals surface area contributed by atoms with Gasteiger partial charge in [0.2, 0.25) is 0 Å². The topological polar surface area (TPSA) is 17.1 Å². The summed E-state index contributed by atoms with van der Waals surface area (Å²) < 4.78 is 4.51. The van der Waals surface area contributed by atoms with Crippen molar-refractivity contribution < 1.29 is 21.4 Å². The van der Waals surface area contributed by atoms with Crippen LogP contribution in [0.5, 0.6) is 0 Å². The van der Waals surface area contributed by atoms with Crippen molar-refractivity contribution in [3.63, 3.8) is 0 Å². The number of unbranched alkanes of at least 4 members (excludes halogenated alkanes) is 3. The first kappa shape index (κ1) is 16.4. The maximum atomic E-state index is 12.1. The van der Waals surface area contributed by atoms with Gasteiger partial charge in [-0.2, -0.15) is 0 Å². The summed E-state index contributed by atoms with van der Waals surface area (Å²) in [4.78, 5) is 12.1. The Bertz CT molecular complexity index is 167. The van der Waals surface area contributed by atoms with Crippen molar-refractivity contribution in [3.8, 4) is 0 Å². The van der Waals surface area contributed by atoms with Gasteiger partial charge in [0.05, 0.1) is 0 Å². The molecular weight excluding hydrogens is 232 g/mol. The van der Waals surface area contributed by atoms with E-state index in [1.165, 1.54) is 52.7 Å². The van der Waals surface area contributed by atoms with Crippen LogP contribution in [0.1, 0.15) is 66.2 Å². The third kappa shape index (κ3) is 5.63. The molecule has 0 bridgehead atoms. The second-order valence-electron chi connectivity index (χ2n) is 5.15. The van der Waals surface area contributed by atoms with Crippen LogP contribution >= 0.6 is 0 Å². The van der Waals surface area contributed by atoms with E-state index in [-0.39, 0.29) is 0 Å². The monoisotopic (exact) mass is 262 g/mol. The average molecular weight is 262 g/mol. The summed E-state index contributed by atoms with van der Waals surface area (Å²) in [6.07, 6.45) is 7.60. The fraction of sp³-hybridized carbons (Fsp3) is 0.929. The molecule has 0 amide bonds. The molecule has 0 aromatic carbocycles. The van der Waals surface area contributed by atoms with Gasteiger partial charge in [0.1, 0.15) is 0 Å². The molecule has 0 saturated carbocycles. The number of hydrogen-bond donors (Lipinski definition) is 0. The van der Waals surface area contributed by atoms with Crippen LogP contribution in [0.2, 0.25) is 14.2 Å². The van der Waals surface area contributed by atoms with Crippen molar-refractivity contribution in [3.05, 3.63) is 0 Å². The maximum absolute atomic E-state index is 12.1. The molecule has 2 heteroatoms. The molecule has 0 radical (unpaired) electrons. The third-order valence-corrected chi connectivity index (χ3v) is 12.2. The number of hydrogen-bond acceptors (Lipinski definition) is 1. The molecule has 0 atom stereocenters. The standard InChI is InChI=1S/3C4H9.C2H3O.Ti/c3*1-3-4-2;1-2-3;/h3*1,3-4H2,2H3;1H3;. The Hall–Kier alpha value is 0.384. The van der Waals surface area contributed by atoms with Crippen molar-refractivity contribution in [1.82, 2.24) is 0 Å². The van der Waals surface area contributed by atoms with Crippen molar-refractivity contribution in [2.24, 2.45) is 0 Å². The van der Waals surface area contributed by atoms with E-state index in [1.807, 2.05) is 6.92 Å². The molecule has 0 aliphatic heterocycles. The molecule has 0 rings (SSSR count). The second-order valence-corrected chi connectivity index (χ2v) is 12.6. The summed E-state index contributed by atoms with van der Waals surface area (Å²) in [5.41, 5.74) is 0. The second kappa shape index (κ2) is 9.42. The van der Waals surface area contributed by atoms with E-state index in [0.717, 1.165) is 0 Å². The number of carbonyl (C=O) groups is 1. The molecule has 1 nitrogen and oxygen atoms in total. The normalized spacial score (nSPS) is 11.8. The van der Waals surface area contributed by atoms with E-state index in [2.05, 4.69) is 20.8 Å². The molecule has 0 aliphatic carbocycles. The van der Waals surface area contributed by atoms with Gasteiger partial charge in [-0.15, -0.1) is 0 Å². The van der Waals surface area contributed by atoms with Crippen molar-refractivity contribution in [2.45, 2.75) is 80.4 Å². The quantitative estimate of drug-likeness (QED) is 0.485. The van der Waals surface area contributed by atoms with Crippen LogP contribution in [0.15, 0.2) is 0 Å². The Labute approximate surface area is 106 Å². The molecule has 96 valence electrons. The van der Waals surface area contributed by atoms with Crippen molar-refractivity contribution >= 4 is 4.09 Å². The van der Waals surface area contributed by atoms with Crippen LogP contribution in [0, 0.1) is 0 Å². The molecule has 0 aliphatic rings. The van der Waals surface area contributed by atoms with E-state index >= 15 is 0 Å².